The standard InChI is InChI=1S/C26H44.C2H6.CH4/c1-17(2)15-19(4)22-9-10-23-21-8-7-20-16-18(3)11-13-25(20,5)24(21)12-14-26(22,23)6;1-2;/h15,17-18,20-24H,7-14,16H2,1-6H3;1-2H3;1H4/b19-15+;;. The fraction of sp³-hybridized carbons (Fsp3) is 0.931. The van der Waals surface area contributed by atoms with Gasteiger partial charge in [-0.1, -0.05) is 74.0 Å². The van der Waals surface area contributed by atoms with Crippen molar-refractivity contribution in [2.24, 2.45) is 52.3 Å². The third-order valence-electron chi connectivity index (χ3n) is 10.1. The maximum absolute atomic E-state index is 2.72. The van der Waals surface area contributed by atoms with Gasteiger partial charge in [0.2, 0.25) is 0 Å². The normalized spacial score (nSPS) is 46.6. The molecule has 0 heterocycles. The molecule has 0 saturated heterocycles. The van der Waals surface area contributed by atoms with E-state index in [1.165, 1.54) is 44.9 Å². The highest BCUT2D eigenvalue weighted by molar-refractivity contribution is 5.17. The highest BCUT2D eigenvalue weighted by Gasteiger charge is 2.60. The second-order valence-corrected chi connectivity index (χ2v) is 11.9. The Bertz CT molecular complexity index is 556. The Labute approximate surface area is 184 Å². The number of rotatable bonds is 2. The topological polar surface area (TPSA) is 0 Å². The first-order valence-corrected chi connectivity index (χ1v) is 12.9. The maximum Gasteiger partial charge on any atom is -0.0149 e. The molecule has 8 atom stereocenters. The summed E-state index contributed by atoms with van der Waals surface area (Å²) in [6, 6.07) is 0. The fourth-order valence-corrected chi connectivity index (χ4v) is 8.86. The van der Waals surface area contributed by atoms with Crippen LogP contribution in [0.3, 0.4) is 0 Å². The van der Waals surface area contributed by atoms with Crippen LogP contribution in [0.1, 0.15) is 121 Å². The van der Waals surface area contributed by atoms with E-state index in [1.54, 1.807) is 18.4 Å². The number of hydrogen-bond acceptors (Lipinski definition) is 0. The van der Waals surface area contributed by atoms with Gasteiger partial charge in [0.1, 0.15) is 0 Å². The second-order valence-electron chi connectivity index (χ2n) is 11.9. The average Bonchev–Trinajstić information content (AvgIpc) is 3.01. The lowest BCUT2D eigenvalue weighted by atomic mass is 9.44. The van der Waals surface area contributed by atoms with Gasteiger partial charge in [0, 0.05) is 0 Å². The Morgan fingerprint density at radius 1 is 0.862 bits per heavy atom. The number of fused-ring (bicyclic) bond motifs is 5. The molecule has 170 valence electrons. The molecule has 0 bridgehead atoms. The summed E-state index contributed by atoms with van der Waals surface area (Å²) >= 11 is 0. The predicted molar refractivity (Wildman–Crippen MR) is 131 cm³/mol. The van der Waals surface area contributed by atoms with Crippen molar-refractivity contribution in [2.75, 3.05) is 0 Å². The quantitative estimate of drug-likeness (QED) is 0.403. The van der Waals surface area contributed by atoms with Crippen LogP contribution in [-0.4, -0.2) is 0 Å². The van der Waals surface area contributed by atoms with Gasteiger partial charge in [-0.05, 0) is 111 Å². The minimum atomic E-state index is 0. The van der Waals surface area contributed by atoms with E-state index in [1.807, 2.05) is 13.8 Å². The monoisotopic (exact) mass is 402 g/mol. The lowest BCUT2D eigenvalue weighted by Crippen LogP contribution is -2.53. The van der Waals surface area contributed by atoms with Crippen molar-refractivity contribution in [2.45, 2.75) is 121 Å². The van der Waals surface area contributed by atoms with E-state index in [0.717, 1.165) is 35.5 Å². The molecule has 0 aromatic rings. The molecule has 0 N–H and O–H groups in total. The van der Waals surface area contributed by atoms with E-state index in [0.29, 0.717) is 16.7 Å². The summed E-state index contributed by atoms with van der Waals surface area (Å²) in [7, 11) is 0. The molecule has 0 aromatic heterocycles. The van der Waals surface area contributed by atoms with Gasteiger partial charge in [-0.15, -0.1) is 0 Å². The van der Waals surface area contributed by atoms with E-state index in [2.05, 4.69) is 47.6 Å². The zero-order chi connectivity index (χ0) is 20.7. The molecule has 0 aliphatic heterocycles. The van der Waals surface area contributed by atoms with Crippen LogP contribution in [0, 0.1) is 52.3 Å². The molecule has 4 aliphatic carbocycles. The molecule has 4 saturated carbocycles. The molecule has 0 amide bonds. The van der Waals surface area contributed by atoms with Gasteiger partial charge in [0.15, 0.2) is 0 Å². The van der Waals surface area contributed by atoms with Crippen LogP contribution in [0.25, 0.3) is 0 Å². The maximum atomic E-state index is 2.72. The Kier molecular flexibility index (Phi) is 8.17. The van der Waals surface area contributed by atoms with E-state index < -0.39 is 0 Å². The highest BCUT2D eigenvalue weighted by Crippen LogP contribution is 2.68. The van der Waals surface area contributed by atoms with Crippen molar-refractivity contribution in [3.05, 3.63) is 11.6 Å². The summed E-state index contributed by atoms with van der Waals surface area (Å²) in [5.41, 5.74) is 2.99. The van der Waals surface area contributed by atoms with Crippen LogP contribution in [0.2, 0.25) is 0 Å². The molecule has 4 fully saturated rings. The zero-order valence-corrected chi connectivity index (χ0v) is 20.5. The van der Waals surface area contributed by atoms with Crippen molar-refractivity contribution in [3.63, 3.8) is 0 Å². The lowest BCUT2D eigenvalue weighted by molar-refractivity contribution is -0.114. The average molecular weight is 403 g/mol. The molecule has 4 rings (SSSR count). The Balaban J connectivity index is 0.000000970. The second kappa shape index (κ2) is 9.48. The first-order valence-electron chi connectivity index (χ1n) is 12.9. The van der Waals surface area contributed by atoms with Crippen molar-refractivity contribution >= 4 is 0 Å². The van der Waals surface area contributed by atoms with Gasteiger partial charge in [-0.2, -0.15) is 0 Å². The summed E-state index contributed by atoms with van der Waals surface area (Å²) in [5, 5.41) is 0. The van der Waals surface area contributed by atoms with Gasteiger partial charge in [-0.25, -0.2) is 0 Å². The summed E-state index contributed by atoms with van der Waals surface area (Å²) in [6.07, 6.45) is 16.2. The molecular weight excluding hydrogens is 348 g/mol. The van der Waals surface area contributed by atoms with Crippen LogP contribution < -0.4 is 0 Å². The van der Waals surface area contributed by atoms with E-state index in [9.17, 15) is 0 Å². The van der Waals surface area contributed by atoms with Crippen molar-refractivity contribution in [1.82, 2.24) is 0 Å². The highest BCUT2D eigenvalue weighted by atomic mass is 14.6. The van der Waals surface area contributed by atoms with Crippen LogP contribution in [0.15, 0.2) is 11.6 Å². The lowest BCUT2D eigenvalue weighted by Gasteiger charge is -2.61. The minimum absolute atomic E-state index is 0. The smallest absolute Gasteiger partial charge is 0.0149 e. The molecule has 0 nitrogen and oxygen atoms in total. The molecule has 0 spiro atoms. The van der Waals surface area contributed by atoms with Crippen molar-refractivity contribution < 1.29 is 0 Å². The van der Waals surface area contributed by atoms with Crippen molar-refractivity contribution in [3.8, 4) is 0 Å². The summed E-state index contributed by atoms with van der Waals surface area (Å²) in [5.74, 6) is 6.69. The van der Waals surface area contributed by atoms with E-state index >= 15 is 0 Å². The van der Waals surface area contributed by atoms with Gasteiger partial charge in [0.05, 0.1) is 0 Å². The molecule has 0 heteroatoms. The van der Waals surface area contributed by atoms with Crippen LogP contribution in [-0.2, 0) is 0 Å². The third-order valence-corrected chi connectivity index (χ3v) is 10.1. The van der Waals surface area contributed by atoms with E-state index in [-0.39, 0.29) is 7.43 Å². The van der Waals surface area contributed by atoms with E-state index in [4.69, 9.17) is 0 Å². The van der Waals surface area contributed by atoms with Crippen LogP contribution in [0.4, 0.5) is 0 Å². The van der Waals surface area contributed by atoms with Crippen LogP contribution in [0.5, 0.6) is 0 Å². The molecule has 8 unspecified atom stereocenters. The van der Waals surface area contributed by atoms with Gasteiger partial charge in [-0.3, -0.25) is 0 Å². The van der Waals surface area contributed by atoms with Gasteiger partial charge < -0.3 is 0 Å². The molecule has 0 aromatic carbocycles. The van der Waals surface area contributed by atoms with Crippen LogP contribution >= 0.6 is 0 Å². The van der Waals surface area contributed by atoms with Gasteiger partial charge >= 0.3 is 0 Å². The summed E-state index contributed by atoms with van der Waals surface area (Å²) in [4.78, 5) is 0. The van der Waals surface area contributed by atoms with Crippen molar-refractivity contribution in [1.29, 1.82) is 0 Å². The first kappa shape index (κ1) is 25.0. The Morgan fingerprint density at radius 3 is 2.14 bits per heavy atom. The fourth-order valence-electron chi connectivity index (χ4n) is 8.86. The SMILES string of the molecule is C.C/C(=C\C(C)C)C1CCC2C3CCC4CC(C)CCC4(C)C3CCC12C.CC. The predicted octanol–water partition coefficient (Wildman–Crippen LogP) is 9.55. The van der Waals surface area contributed by atoms with Gasteiger partial charge in [0.25, 0.3) is 0 Å². The molecule has 0 radical (unpaired) electrons. The zero-order valence-electron chi connectivity index (χ0n) is 20.5. The number of allylic oxidation sites excluding steroid dienone is 2. The molecule has 29 heavy (non-hydrogen) atoms. The minimum Gasteiger partial charge on any atom is -0.0827 e. The molecule has 4 aliphatic rings. The Morgan fingerprint density at radius 2 is 1.48 bits per heavy atom. The first-order chi connectivity index (χ1) is 13.3. The number of hydrogen-bond donors (Lipinski definition) is 0. The summed E-state index contributed by atoms with van der Waals surface area (Å²) in [6.45, 7) is 19.1. The largest absolute Gasteiger partial charge is 0.0827 e. The third kappa shape index (κ3) is 4.25. The Hall–Kier alpha value is -0.260. The molecular formula is C29H54. The summed E-state index contributed by atoms with van der Waals surface area (Å²) < 4.78 is 0.